The predicted molar refractivity (Wildman–Crippen MR) is 117 cm³/mol. The zero-order valence-corrected chi connectivity index (χ0v) is 19.3. The minimum Gasteiger partial charge on any atom is -0.284 e. The zero-order chi connectivity index (χ0) is 24.3. The van der Waals surface area contributed by atoms with Crippen molar-refractivity contribution in [2.24, 2.45) is 4.99 Å². The Bertz CT molecular complexity index is 1450. The first-order valence-electron chi connectivity index (χ1n) is 10.0. The number of halogens is 3. The van der Waals surface area contributed by atoms with Crippen LogP contribution in [0.25, 0.3) is 17.0 Å². The topological polar surface area (TPSA) is 122 Å². The van der Waals surface area contributed by atoms with E-state index in [1.165, 1.54) is 10.9 Å². The molecule has 0 amide bonds. The number of nitriles is 1. The van der Waals surface area contributed by atoms with Gasteiger partial charge in [0.2, 0.25) is 0 Å². The van der Waals surface area contributed by atoms with Crippen LogP contribution in [-0.2, 0) is 15.6 Å². The molecular formula is C19H17F3N8O2S2. The highest BCUT2D eigenvalue weighted by Crippen LogP contribution is 2.40. The number of fused-ring (bicyclic) bond motifs is 1. The quantitative estimate of drug-likeness (QED) is 0.517. The SMILES string of the molecule is CC1=NCC(c2cc3nccn3c(-c3cnn(C4(CC#N)CN(S(=O)(=O)C(F)(F)F)C4)c3)n2)S1. The summed E-state index contributed by atoms with van der Waals surface area (Å²) in [7, 11) is -5.48. The van der Waals surface area contributed by atoms with Crippen LogP contribution in [0.5, 0.6) is 0 Å². The molecule has 2 aliphatic rings. The molecule has 0 N–H and O–H groups in total. The predicted octanol–water partition coefficient (Wildman–Crippen LogP) is 2.57. The Morgan fingerprint density at radius 3 is 2.76 bits per heavy atom. The van der Waals surface area contributed by atoms with Gasteiger partial charge in [-0.3, -0.25) is 14.1 Å². The number of thioether (sulfide) groups is 1. The third kappa shape index (κ3) is 3.56. The second-order valence-electron chi connectivity index (χ2n) is 8.08. The Morgan fingerprint density at radius 1 is 1.35 bits per heavy atom. The van der Waals surface area contributed by atoms with Crippen molar-refractivity contribution in [1.29, 1.82) is 5.26 Å². The highest BCUT2D eigenvalue weighted by molar-refractivity contribution is 8.14. The average molecular weight is 511 g/mol. The van der Waals surface area contributed by atoms with Gasteiger partial charge in [-0.1, -0.05) is 11.8 Å². The number of rotatable bonds is 5. The van der Waals surface area contributed by atoms with Crippen LogP contribution in [0.2, 0.25) is 0 Å². The van der Waals surface area contributed by atoms with Crippen molar-refractivity contribution in [2.45, 2.75) is 29.6 Å². The van der Waals surface area contributed by atoms with E-state index in [1.807, 2.05) is 19.1 Å². The van der Waals surface area contributed by atoms with Gasteiger partial charge in [0.15, 0.2) is 0 Å². The molecule has 5 rings (SSSR count). The molecule has 0 radical (unpaired) electrons. The molecular weight excluding hydrogens is 493 g/mol. The van der Waals surface area contributed by atoms with Gasteiger partial charge in [0, 0.05) is 37.7 Å². The van der Waals surface area contributed by atoms with E-state index in [1.54, 1.807) is 34.8 Å². The Kier molecular flexibility index (Phi) is 5.22. The van der Waals surface area contributed by atoms with Crippen LogP contribution in [-0.4, -0.2) is 67.1 Å². The summed E-state index contributed by atoms with van der Waals surface area (Å²) in [5.41, 5.74) is -4.61. The lowest BCUT2D eigenvalue weighted by molar-refractivity contribution is -0.0565. The van der Waals surface area contributed by atoms with Gasteiger partial charge in [-0.2, -0.15) is 27.8 Å². The second kappa shape index (κ2) is 7.79. The van der Waals surface area contributed by atoms with Crippen molar-refractivity contribution in [2.75, 3.05) is 19.6 Å². The molecule has 0 spiro atoms. The van der Waals surface area contributed by atoms with Gasteiger partial charge in [0.05, 0.1) is 46.8 Å². The lowest BCUT2D eigenvalue weighted by atomic mass is 9.89. The van der Waals surface area contributed by atoms with Crippen molar-refractivity contribution >= 4 is 32.5 Å². The molecule has 0 bridgehead atoms. The maximum atomic E-state index is 12.9. The van der Waals surface area contributed by atoms with E-state index in [-0.39, 0.29) is 11.7 Å². The Balaban J connectivity index is 1.49. The number of hydrogen-bond acceptors (Lipinski definition) is 8. The summed E-state index contributed by atoms with van der Waals surface area (Å²) >= 11 is 1.61. The van der Waals surface area contributed by atoms with E-state index in [2.05, 4.69) is 15.1 Å². The molecule has 1 saturated heterocycles. The van der Waals surface area contributed by atoms with E-state index >= 15 is 0 Å². The molecule has 10 nitrogen and oxygen atoms in total. The van der Waals surface area contributed by atoms with Crippen molar-refractivity contribution < 1.29 is 21.6 Å². The lowest BCUT2D eigenvalue weighted by Gasteiger charge is -2.47. The average Bonchev–Trinajstić information content (AvgIpc) is 3.49. The van der Waals surface area contributed by atoms with Crippen molar-refractivity contribution in [3.63, 3.8) is 0 Å². The molecule has 1 atom stereocenters. The fraction of sp³-hybridized carbons (Fsp3) is 0.421. The molecule has 5 heterocycles. The normalized spacial score (nSPS) is 20.8. The van der Waals surface area contributed by atoms with Crippen molar-refractivity contribution in [3.05, 3.63) is 36.5 Å². The highest BCUT2D eigenvalue weighted by atomic mass is 32.2. The number of aromatic nitrogens is 5. The first-order valence-corrected chi connectivity index (χ1v) is 12.4. The number of nitrogens with zero attached hydrogens (tertiary/aromatic N) is 8. The molecule has 1 fully saturated rings. The van der Waals surface area contributed by atoms with E-state index < -0.39 is 34.2 Å². The standard InChI is InChI=1S/C19H17F3N8O2S2/c1-12-25-8-15(33-12)14-6-16-24-4-5-29(16)17(27-14)13-7-26-30(9-13)18(2-3-23)10-28(11-18)34(31,32)19(20,21)22/h4-7,9,15H,2,8,10-11H2,1H3. The van der Waals surface area contributed by atoms with Crippen LogP contribution in [0.1, 0.15) is 24.3 Å². The van der Waals surface area contributed by atoms with Gasteiger partial charge < -0.3 is 0 Å². The highest BCUT2D eigenvalue weighted by Gasteiger charge is 2.59. The maximum absolute atomic E-state index is 12.9. The van der Waals surface area contributed by atoms with Crippen molar-refractivity contribution in [3.8, 4) is 17.5 Å². The summed E-state index contributed by atoms with van der Waals surface area (Å²) in [6.07, 6.45) is 6.22. The molecule has 3 aromatic rings. The van der Waals surface area contributed by atoms with Crippen LogP contribution < -0.4 is 0 Å². The van der Waals surface area contributed by atoms with Crippen LogP contribution in [0.3, 0.4) is 0 Å². The summed E-state index contributed by atoms with van der Waals surface area (Å²) in [4.78, 5) is 13.6. The largest absolute Gasteiger partial charge is 0.511 e. The Morgan fingerprint density at radius 2 is 2.12 bits per heavy atom. The van der Waals surface area contributed by atoms with Gasteiger partial charge in [0.1, 0.15) is 17.0 Å². The number of aliphatic imine (C=N–C) groups is 1. The van der Waals surface area contributed by atoms with E-state index in [9.17, 15) is 26.9 Å². The third-order valence-electron chi connectivity index (χ3n) is 5.84. The smallest absolute Gasteiger partial charge is 0.284 e. The Hall–Kier alpha value is -2.96. The molecule has 0 aromatic carbocycles. The molecule has 3 aromatic heterocycles. The number of alkyl halides is 3. The van der Waals surface area contributed by atoms with Gasteiger partial charge in [-0.15, -0.1) is 0 Å². The van der Waals surface area contributed by atoms with Crippen molar-refractivity contribution in [1.82, 2.24) is 28.5 Å². The summed E-state index contributed by atoms with van der Waals surface area (Å²) in [6, 6.07) is 3.81. The summed E-state index contributed by atoms with van der Waals surface area (Å²) in [5, 5.41) is 14.5. The Labute approximate surface area is 196 Å². The summed E-state index contributed by atoms with van der Waals surface area (Å²) in [5.74, 6) is 0.521. The summed E-state index contributed by atoms with van der Waals surface area (Å²) < 4.78 is 65.7. The molecule has 15 heteroatoms. The lowest BCUT2D eigenvalue weighted by Crippen LogP contribution is -2.65. The minimum absolute atomic E-state index is 0.0354. The van der Waals surface area contributed by atoms with Crippen LogP contribution in [0.4, 0.5) is 13.2 Å². The molecule has 178 valence electrons. The number of hydrogen-bond donors (Lipinski definition) is 0. The molecule has 0 saturated carbocycles. The minimum atomic E-state index is -5.48. The maximum Gasteiger partial charge on any atom is 0.511 e. The number of imidazole rings is 1. The van der Waals surface area contributed by atoms with E-state index in [4.69, 9.17) is 4.98 Å². The van der Waals surface area contributed by atoms with E-state index in [0.29, 0.717) is 27.9 Å². The van der Waals surface area contributed by atoms with Gasteiger partial charge in [-0.05, 0) is 6.92 Å². The monoisotopic (exact) mass is 510 g/mol. The molecule has 0 aliphatic carbocycles. The fourth-order valence-electron chi connectivity index (χ4n) is 4.07. The first-order chi connectivity index (χ1) is 16.0. The second-order valence-corrected chi connectivity index (χ2v) is 11.4. The van der Waals surface area contributed by atoms with Crippen LogP contribution in [0.15, 0.2) is 35.8 Å². The van der Waals surface area contributed by atoms with Gasteiger partial charge in [-0.25, -0.2) is 18.4 Å². The molecule has 2 aliphatic heterocycles. The zero-order valence-electron chi connectivity index (χ0n) is 17.6. The van der Waals surface area contributed by atoms with E-state index in [0.717, 1.165) is 10.7 Å². The number of sulfonamides is 1. The third-order valence-corrected chi connectivity index (χ3v) is 8.51. The molecule has 34 heavy (non-hydrogen) atoms. The van der Waals surface area contributed by atoms with Crippen LogP contribution >= 0.6 is 11.8 Å². The van der Waals surface area contributed by atoms with Crippen LogP contribution in [0, 0.1) is 11.3 Å². The van der Waals surface area contributed by atoms with Gasteiger partial charge in [0.25, 0.3) is 0 Å². The first kappa shape index (κ1) is 22.8. The molecule has 1 unspecified atom stereocenters. The fourth-order valence-corrected chi connectivity index (χ4v) is 6.13. The van der Waals surface area contributed by atoms with Gasteiger partial charge >= 0.3 is 15.5 Å². The summed E-state index contributed by atoms with van der Waals surface area (Å²) in [6.45, 7) is 1.51.